The highest BCUT2D eigenvalue weighted by atomic mass is 35.5. The summed E-state index contributed by atoms with van der Waals surface area (Å²) >= 11 is 5.98. The summed E-state index contributed by atoms with van der Waals surface area (Å²) < 4.78 is 26.9. The first-order chi connectivity index (χ1) is 9.48. The van der Waals surface area contributed by atoms with E-state index in [1.165, 1.54) is 0 Å². The monoisotopic (exact) mass is 310 g/mol. The predicted molar refractivity (Wildman–Crippen MR) is 79.9 cm³/mol. The van der Waals surface area contributed by atoms with Crippen LogP contribution >= 0.6 is 11.6 Å². The van der Waals surface area contributed by atoms with E-state index in [0.29, 0.717) is 10.6 Å². The Labute approximate surface area is 123 Å². The lowest BCUT2D eigenvalue weighted by atomic mass is 10.1. The lowest BCUT2D eigenvalue weighted by molar-refractivity contribution is 0.566. The maximum Gasteiger partial charge on any atom is 0.216 e. The molecule has 2 aromatic rings. The third-order valence-corrected chi connectivity index (χ3v) is 4.64. The van der Waals surface area contributed by atoms with Crippen LogP contribution in [0.2, 0.25) is 5.02 Å². The number of benzene rings is 1. The molecular weight excluding hydrogens is 296 g/mol. The molecule has 4 nitrogen and oxygen atoms in total. The molecule has 0 saturated carbocycles. The van der Waals surface area contributed by atoms with Crippen LogP contribution in [0, 0.1) is 0 Å². The number of hydrogen-bond acceptors (Lipinski definition) is 3. The zero-order chi connectivity index (χ0) is 14.6. The molecule has 1 N–H and O–H groups in total. The van der Waals surface area contributed by atoms with Gasteiger partial charge in [0, 0.05) is 23.5 Å². The normalized spacial score (nSPS) is 13.1. The fraction of sp³-hybridized carbons (Fsp3) is 0.214. The lowest BCUT2D eigenvalue weighted by Crippen LogP contribution is -2.28. The largest absolute Gasteiger partial charge is 0.265 e. The molecule has 0 spiro atoms. The summed E-state index contributed by atoms with van der Waals surface area (Å²) in [6.07, 6.45) is 3.27. The van der Waals surface area contributed by atoms with E-state index >= 15 is 0 Å². The molecule has 0 saturated heterocycles. The summed E-state index contributed by atoms with van der Waals surface area (Å²) in [6, 6.07) is 10.2. The molecule has 0 aliphatic heterocycles. The maximum atomic E-state index is 12.2. The first kappa shape index (κ1) is 15.0. The van der Waals surface area contributed by atoms with Gasteiger partial charge in [-0.25, -0.2) is 13.1 Å². The average Bonchev–Trinajstić information content (AvgIpc) is 2.41. The molecule has 106 valence electrons. The van der Waals surface area contributed by atoms with E-state index in [2.05, 4.69) is 9.71 Å². The highest BCUT2D eigenvalue weighted by Crippen LogP contribution is 2.19. The molecule has 0 aliphatic rings. The second-order valence-corrected chi connectivity index (χ2v) is 6.63. The molecule has 0 fully saturated rings. The number of aromatic nitrogens is 1. The zero-order valence-electron chi connectivity index (χ0n) is 11.0. The molecule has 20 heavy (non-hydrogen) atoms. The van der Waals surface area contributed by atoms with Crippen molar-refractivity contribution in [3.8, 4) is 0 Å². The van der Waals surface area contributed by atoms with Gasteiger partial charge >= 0.3 is 0 Å². The van der Waals surface area contributed by atoms with E-state index in [4.69, 9.17) is 11.6 Å². The smallest absolute Gasteiger partial charge is 0.216 e. The van der Waals surface area contributed by atoms with Crippen LogP contribution < -0.4 is 4.72 Å². The van der Waals surface area contributed by atoms with Gasteiger partial charge in [0.15, 0.2) is 0 Å². The number of hydrogen-bond donors (Lipinski definition) is 1. The third kappa shape index (κ3) is 4.03. The van der Waals surface area contributed by atoms with Crippen molar-refractivity contribution in [3.05, 3.63) is 64.9 Å². The van der Waals surface area contributed by atoms with Crippen LogP contribution in [-0.4, -0.2) is 13.4 Å². The topological polar surface area (TPSA) is 59.1 Å². The van der Waals surface area contributed by atoms with Crippen LogP contribution in [0.3, 0.4) is 0 Å². The summed E-state index contributed by atoms with van der Waals surface area (Å²) in [5.41, 5.74) is 1.45. The Morgan fingerprint density at radius 1 is 1.20 bits per heavy atom. The van der Waals surface area contributed by atoms with Crippen molar-refractivity contribution in [1.29, 1.82) is 0 Å². The molecule has 0 radical (unpaired) electrons. The quantitative estimate of drug-likeness (QED) is 0.923. The van der Waals surface area contributed by atoms with Gasteiger partial charge in [0.05, 0.1) is 5.75 Å². The molecule has 2 rings (SSSR count). The van der Waals surface area contributed by atoms with Crippen molar-refractivity contribution < 1.29 is 8.42 Å². The van der Waals surface area contributed by atoms with E-state index in [1.807, 2.05) is 0 Å². The average molecular weight is 311 g/mol. The standard InChI is InChI=1S/C14H15ClN2O2S/c1-11(12-6-8-16-9-7-12)17-20(18,19)10-13-4-2-3-5-14(13)15/h2-9,11,17H,10H2,1H3/t11-/m0/s1. The Morgan fingerprint density at radius 2 is 1.85 bits per heavy atom. The van der Waals surface area contributed by atoms with Crippen LogP contribution in [0.25, 0.3) is 0 Å². The number of pyridine rings is 1. The van der Waals surface area contributed by atoms with E-state index < -0.39 is 10.0 Å². The zero-order valence-corrected chi connectivity index (χ0v) is 12.5. The second-order valence-electron chi connectivity index (χ2n) is 4.47. The molecule has 6 heteroatoms. The predicted octanol–water partition coefficient (Wildman–Crippen LogP) is 2.92. The number of nitrogens with zero attached hydrogens (tertiary/aromatic N) is 1. The SMILES string of the molecule is C[C@H](NS(=O)(=O)Cc1ccccc1Cl)c1ccncc1. The second kappa shape index (κ2) is 6.35. The van der Waals surface area contributed by atoms with Crippen molar-refractivity contribution in [3.63, 3.8) is 0 Å². The number of sulfonamides is 1. The van der Waals surface area contributed by atoms with Gasteiger partial charge in [0.25, 0.3) is 0 Å². The Hall–Kier alpha value is -1.43. The van der Waals surface area contributed by atoms with Gasteiger partial charge in [-0.15, -0.1) is 0 Å². The van der Waals surface area contributed by atoms with Gasteiger partial charge in [-0.05, 0) is 36.2 Å². The van der Waals surface area contributed by atoms with Crippen molar-refractivity contribution in [2.45, 2.75) is 18.7 Å². The highest BCUT2D eigenvalue weighted by Gasteiger charge is 2.17. The Bertz CT molecular complexity index is 675. The summed E-state index contributed by atoms with van der Waals surface area (Å²) in [7, 11) is -3.46. The van der Waals surface area contributed by atoms with Gasteiger partial charge in [-0.1, -0.05) is 29.8 Å². The molecule has 1 heterocycles. The Kier molecular flexibility index (Phi) is 4.75. The minimum absolute atomic E-state index is 0.137. The van der Waals surface area contributed by atoms with Gasteiger partial charge in [-0.3, -0.25) is 4.98 Å². The molecular formula is C14H15ClN2O2S. The van der Waals surface area contributed by atoms with Crippen LogP contribution in [0.1, 0.15) is 24.1 Å². The molecule has 1 aromatic carbocycles. The van der Waals surface area contributed by atoms with Gasteiger partial charge in [0.1, 0.15) is 0 Å². The summed E-state index contributed by atoms with van der Waals surface area (Å²) in [6.45, 7) is 1.79. The van der Waals surface area contributed by atoms with E-state index in [0.717, 1.165) is 5.56 Å². The molecule has 0 aliphatic carbocycles. The van der Waals surface area contributed by atoms with Gasteiger partial charge in [-0.2, -0.15) is 0 Å². The lowest BCUT2D eigenvalue weighted by Gasteiger charge is -2.14. The molecule has 1 atom stereocenters. The van der Waals surface area contributed by atoms with Crippen LogP contribution in [0.5, 0.6) is 0 Å². The van der Waals surface area contributed by atoms with Crippen LogP contribution in [-0.2, 0) is 15.8 Å². The van der Waals surface area contributed by atoms with Gasteiger partial charge < -0.3 is 0 Å². The Morgan fingerprint density at radius 3 is 2.50 bits per heavy atom. The molecule has 0 amide bonds. The highest BCUT2D eigenvalue weighted by molar-refractivity contribution is 7.88. The number of halogens is 1. The molecule has 1 aromatic heterocycles. The molecule has 0 bridgehead atoms. The number of rotatable bonds is 5. The van der Waals surface area contributed by atoms with Crippen LogP contribution in [0.4, 0.5) is 0 Å². The van der Waals surface area contributed by atoms with Crippen molar-refractivity contribution in [2.75, 3.05) is 0 Å². The fourth-order valence-electron chi connectivity index (χ4n) is 1.85. The van der Waals surface area contributed by atoms with Crippen molar-refractivity contribution in [2.24, 2.45) is 0 Å². The first-order valence-corrected chi connectivity index (χ1v) is 8.14. The third-order valence-electron chi connectivity index (χ3n) is 2.87. The summed E-state index contributed by atoms with van der Waals surface area (Å²) in [5.74, 6) is -0.137. The summed E-state index contributed by atoms with van der Waals surface area (Å²) in [4.78, 5) is 3.91. The Balaban J connectivity index is 2.10. The first-order valence-electron chi connectivity index (χ1n) is 6.11. The minimum Gasteiger partial charge on any atom is -0.265 e. The van der Waals surface area contributed by atoms with Crippen LogP contribution in [0.15, 0.2) is 48.8 Å². The summed E-state index contributed by atoms with van der Waals surface area (Å²) in [5, 5.41) is 0.453. The van der Waals surface area contributed by atoms with E-state index in [-0.39, 0.29) is 11.8 Å². The van der Waals surface area contributed by atoms with Crippen molar-refractivity contribution >= 4 is 21.6 Å². The van der Waals surface area contributed by atoms with Gasteiger partial charge in [0.2, 0.25) is 10.0 Å². The molecule has 0 unspecified atom stereocenters. The minimum atomic E-state index is -3.46. The maximum absolute atomic E-state index is 12.2. The van der Waals surface area contributed by atoms with E-state index in [1.54, 1.807) is 55.7 Å². The number of nitrogens with one attached hydrogen (secondary N) is 1. The van der Waals surface area contributed by atoms with Crippen molar-refractivity contribution in [1.82, 2.24) is 9.71 Å². The fourth-order valence-corrected chi connectivity index (χ4v) is 3.55. The van der Waals surface area contributed by atoms with E-state index in [9.17, 15) is 8.42 Å².